The van der Waals surface area contributed by atoms with Crippen molar-refractivity contribution >= 4 is 24.1 Å². The molecule has 9 nitrogen and oxygen atoms in total. The summed E-state index contributed by atoms with van der Waals surface area (Å²) in [7, 11) is 0. The SMILES string of the molecule is CC1(c2cc(NC(=O)c3ncoc3C3CC3)ccc2F)N=C(N)OCC1(F)F.O=CO. The quantitative estimate of drug-likeness (QED) is 0.621. The number of oxazole rings is 1. The van der Waals surface area contributed by atoms with E-state index in [-0.39, 0.29) is 23.8 Å². The third kappa shape index (κ3) is 4.32. The van der Waals surface area contributed by atoms with Crippen molar-refractivity contribution in [1.29, 1.82) is 0 Å². The summed E-state index contributed by atoms with van der Waals surface area (Å²) in [5, 5.41) is 9.43. The third-order valence-electron chi connectivity index (χ3n) is 4.95. The Hall–Kier alpha value is -3.57. The molecular weight excluding hydrogens is 421 g/mol. The van der Waals surface area contributed by atoms with Crippen LogP contribution < -0.4 is 11.1 Å². The number of amidine groups is 1. The summed E-state index contributed by atoms with van der Waals surface area (Å²) in [5.74, 6) is -4.34. The van der Waals surface area contributed by atoms with Gasteiger partial charge in [0.15, 0.2) is 24.2 Å². The number of rotatable bonds is 4. The second-order valence-corrected chi connectivity index (χ2v) is 7.11. The van der Waals surface area contributed by atoms with Crippen molar-refractivity contribution in [3.63, 3.8) is 0 Å². The van der Waals surface area contributed by atoms with Crippen LogP contribution >= 0.6 is 0 Å². The number of benzene rings is 1. The number of halogens is 3. The number of nitrogens with zero attached hydrogens (tertiary/aromatic N) is 2. The molecule has 1 fully saturated rings. The number of hydrogen-bond donors (Lipinski definition) is 3. The Bertz CT molecular complexity index is 1020. The number of hydrogen-bond acceptors (Lipinski definition) is 7. The lowest BCUT2D eigenvalue weighted by atomic mass is 9.85. The predicted molar refractivity (Wildman–Crippen MR) is 101 cm³/mol. The number of nitrogens with one attached hydrogen (secondary N) is 1. The number of ether oxygens (including phenoxy) is 1. The van der Waals surface area contributed by atoms with Gasteiger partial charge < -0.3 is 25.3 Å². The molecule has 1 atom stereocenters. The fourth-order valence-electron chi connectivity index (χ4n) is 3.12. The largest absolute Gasteiger partial charge is 0.483 e. The standard InChI is InChI=1S/C18H17F3N4O3.CH2O2/c1-17(18(20,21)7-27-16(22)25-17)11-6-10(4-5-12(11)19)24-15(26)13-14(9-2-3-9)28-8-23-13;2-1-3/h4-6,8-9H,2-3,7H2,1H3,(H2,22,25)(H,24,26);1H,(H,2,3). The Morgan fingerprint density at radius 2 is 2.06 bits per heavy atom. The first kappa shape index (κ1) is 22.1. The predicted octanol–water partition coefficient (Wildman–Crippen LogP) is 2.84. The van der Waals surface area contributed by atoms with Gasteiger partial charge in [0.25, 0.3) is 18.4 Å². The number of nitrogens with two attached hydrogens (primary N) is 1. The van der Waals surface area contributed by atoms with Crippen molar-refractivity contribution < 1.29 is 37.0 Å². The number of alkyl halides is 2. The van der Waals surface area contributed by atoms with E-state index in [1.807, 2.05) is 0 Å². The molecule has 2 aromatic rings. The van der Waals surface area contributed by atoms with Crippen LogP contribution in [0.3, 0.4) is 0 Å². The molecular formula is C19H19F3N4O5. The lowest BCUT2D eigenvalue weighted by Gasteiger charge is -2.37. The smallest absolute Gasteiger partial charge is 0.310 e. The molecule has 4 rings (SSSR count). The molecule has 4 N–H and O–H groups in total. The van der Waals surface area contributed by atoms with Gasteiger partial charge in [-0.1, -0.05) is 0 Å². The van der Waals surface area contributed by atoms with E-state index in [0.29, 0.717) is 5.76 Å². The van der Waals surface area contributed by atoms with Gasteiger partial charge >= 0.3 is 5.92 Å². The number of anilines is 1. The number of carboxylic acid groups (broad SMARTS) is 1. The lowest BCUT2D eigenvalue weighted by molar-refractivity contribution is -0.122. The Morgan fingerprint density at radius 1 is 1.39 bits per heavy atom. The normalized spacial score (nSPS) is 21.7. The first-order valence-corrected chi connectivity index (χ1v) is 9.11. The highest BCUT2D eigenvalue weighted by atomic mass is 19.3. The van der Waals surface area contributed by atoms with Gasteiger partial charge in [0.05, 0.1) is 0 Å². The first-order chi connectivity index (χ1) is 14.6. The highest BCUT2D eigenvalue weighted by Crippen LogP contribution is 2.45. The van der Waals surface area contributed by atoms with Crippen LogP contribution in [0.15, 0.2) is 34.0 Å². The molecule has 1 aliphatic heterocycles. The van der Waals surface area contributed by atoms with Crippen molar-refractivity contribution in [2.75, 3.05) is 11.9 Å². The third-order valence-corrected chi connectivity index (χ3v) is 4.95. The van der Waals surface area contributed by atoms with Gasteiger partial charge in [-0.15, -0.1) is 0 Å². The Labute approximate surface area is 174 Å². The van der Waals surface area contributed by atoms with Crippen molar-refractivity contribution in [2.24, 2.45) is 10.7 Å². The summed E-state index contributed by atoms with van der Waals surface area (Å²) in [6.07, 6.45) is 3.00. The van der Waals surface area contributed by atoms with E-state index in [9.17, 15) is 18.0 Å². The molecule has 12 heteroatoms. The van der Waals surface area contributed by atoms with E-state index in [0.717, 1.165) is 31.9 Å². The fraction of sp³-hybridized carbons (Fsp3) is 0.368. The Kier molecular flexibility index (Phi) is 5.91. The molecule has 1 unspecified atom stereocenters. The van der Waals surface area contributed by atoms with Crippen molar-refractivity contribution in [3.05, 3.63) is 47.4 Å². The fourth-order valence-corrected chi connectivity index (χ4v) is 3.12. The molecule has 0 bridgehead atoms. The van der Waals surface area contributed by atoms with Gasteiger partial charge in [0, 0.05) is 17.2 Å². The topological polar surface area (TPSA) is 140 Å². The maximum atomic E-state index is 14.5. The number of amides is 1. The van der Waals surface area contributed by atoms with Gasteiger partial charge in [-0.2, -0.15) is 8.78 Å². The van der Waals surface area contributed by atoms with Crippen LogP contribution in [0.25, 0.3) is 0 Å². The van der Waals surface area contributed by atoms with Gasteiger partial charge in [-0.05, 0) is 38.0 Å². The zero-order chi connectivity index (χ0) is 22.8. The van der Waals surface area contributed by atoms with Crippen molar-refractivity contribution in [1.82, 2.24) is 4.98 Å². The second kappa shape index (κ2) is 8.28. The maximum absolute atomic E-state index is 14.5. The molecule has 1 aliphatic carbocycles. The zero-order valence-corrected chi connectivity index (χ0v) is 16.3. The van der Waals surface area contributed by atoms with Gasteiger partial charge in [0.1, 0.15) is 11.6 Å². The molecule has 166 valence electrons. The summed E-state index contributed by atoms with van der Waals surface area (Å²) in [4.78, 5) is 28.5. The van der Waals surface area contributed by atoms with Gasteiger partial charge in [-0.3, -0.25) is 9.59 Å². The van der Waals surface area contributed by atoms with Gasteiger partial charge in [0.2, 0.25) is 0 Å². The molecule has 2 heterocycles. The van der Waals surface area contributed by atoms with Crippen molar-refractivity contribution in [3.8, 4) is 0 Å². The van der Waals surface area contributed by atoms with E-state index in [2.05, 4.69) is 20.0 Å². The molecule has 1 aromatic carbocycles. The van der Waals surface area contributed by atoms with E-state index in [4.69, 9.17) is 20.1 Å². The summed E-state index contributed by atoms with van der Waals surface area (Å²) >= 11 is 0. The van der Waals surface area contributed by atoms with Crippen LogP contribution in [-0.2, 0) is 15.1 Å². The van der Waals surface area contributed by atoms with E-state index < -0.39 is 41.4 Å². The summed E-state index contributed by atoms with van der Waals surface area (Å²) in [5.41, 5.74) is 2.98. The molecule has 31 heavy (non-hydrogen) atoms. The van der Waals surface area contributed by atoms with E-state index >= 15 is 0 Å². The monoisotopic (exact) mass is 440 g/mol. The molecule has 2 aliphatic rings. The van der Waals surface area contributed by atoms with E-state index in [1.165, 1.54) is 12.5 Å². The van der Waals surface area contributed by atoms with E-state index in [1.54, 1.807) is 0 Å². The number of carbonyl (C=O) groups excluding carboxylic acids is 1. The molecule has 0 spiro atoms. The van der Waals surface area contributed by atoms with Crippen molar-refractivity contribution in [2.45, 2.75) is 37.1 Å². The molecule has 1 saturated carbocycles. The van der Waals surface area contributed by atoms with Crippen LogP contribution in [-0.4, -0.2) is 41.0 Å². The van der Waals surface area contributed by atoms with Crippen LogP contribution in [0.4, 0.5) is 18.9 Å². The minimum atomic E-state index is -3.51. The molecule has 0 radical (unpaired) electrons. The molecule has 1 amide bonds. The minimum absolute atomic E-state index is 0.114. The Morgan fingerprint density at radius 3 is 2.71 bits per heavy atom. The number of aromatic nitrogens is 1. The second-order valence-electron chi connectivity index (χ2n) is 7.11. The van der Waals surface area contributed by atoms with Crippen LogP contribution in [0.5, 0.6) is 0 Å². The first-order valence-electron chi connectivity index (χ1n) is 9.11. The summed E-state index contributed by atoms with van der Waals surface area (Å²) < 4.78 is 53.3. The lowest BCUT2D eigenvalue weighted by Crippen LogP contribution is -2.51. The summed E-state index contributed by atoms with van der Waals surface area (Å²) in [6.45, 7) is -0.215. The highest BCUT2D eigenvalue weighted by Gasteiger charge is 2.56. The maximum Gasteiger partial charge on any atom is 0.310 e. The number of carbonyl (C=O) groups is 2. The van der Waals surface area contributed by atoms with Crippen LogP contribution in [0.2, 0.25) is 0 Å². The minimum Gasteiger partial charge on any atom is -0.483 e. The zero-order valence-electron chi connectivity index (χ0n) is 16.3. The highest BCUT2D eigenvalue weighted by molar-refractivity contribution is 6.03. The molecule has 0 saturated heterocycles. The molecule has 1 aromatic heterocycles. The average Bonchev–Trinajstić information content (AvgIpc) is 3.43. The Balaban J connectivity index is 0.000000858. The number of aliphatic imine (C=N–C) groups is 1. The van der Waals surface area contributed by atoms with Crippen LogP contribution in [0, 0.1) is 5.82 Å². The average molecular weight is 440 g/mol. The van der Waals surface area contributed by atoms with Gasteiger partial charge in [-0.25, -0.2) is 14.4 Å². The summed E-state index contributed by atoms with van der Waals surface area (Å²) in [6, 6.07) is 2.90. The van der Waals surface area contributed by atoms with Crippen LogP contribution in [0.1, 0.15) is 47.5 Å².